The maximum Gasteiger partial charge on any atom is 0.264 e. The number of anilines is 2. The fourth-order valence-electron chi connectivity index (χ4n) is 4.60. The fourth-order valence-corrected chi connectivity index (χ4v) is 4.60. The Morgan fingerprint density at radius 1 is 0.913 bits per heavy atom. The number of ether oxygens (including phenoxy) is 3. The summed E-state index contributed by atoms with van der Waals surface area (Å²) in [7, 11) is 1.41. The molecule has 1 aliphatic rings. The first-order valence-corrected chi connectivity index (χ1v) is 15.0. The number of aromatic nitrogens is 1. The molecule has 3 rings (SSSR count). The molecule has 5 amide bonds. The molecule has 46 heavy (non-hydrogen) atoms. The lowest BCUT2D eigenvalue weighted by molar-refractivity contribution is -0.124. The molecule has 2 heterocycles. The first kappa shape index (κ1) is 35.7. The van der Waals surface area contributed by atoms with E-state index in [2.05, 4.69) is 26.3 Å². The first-order chi connectivity index (χ1) is 22.4. The van der Waals surface area contributed by atoms with Crippen LogP contribution in [-0.2, 0) is 28.6 Å². The molecule has 4 N–H and O–H groups in total. The number of aldehydes is 1. The zero-order chi connectivity index (χ0) is 33.1. The van der Waals surface area contributed by atoms with E-state index in [1.54, 1.807) is 30.3 Å². The number of imide groups is 1. The molecule has 0 radical (unpaired) electrons. The predicted molar refractivity (Wildman–Crippen MR) is 167 cm³/mol. The highest BCUT2D eigenvalue weighted by Crippen LogP contribution is 2.31. The van der Waals surface area contributed by atoms with E-state index in [-0.39, 0.29) is 29.9 Å². The molecular formula is C31H40N6O9. The zero-order valence-electron chi connectivity index (χ0n) is 25.8. The molecule has 2 aromatic rings. The van der Waals surface area contributed by atoms with E-state index in [1.165, 1.54) is 13.2 Å². The van der Waals surface area contributed by atoms with E-state index in [0.717, 1.165) is 4.90 Å². The van der Waals surface area contributed by atoms with Gasteiger partial charge < -0.3 is 40.3 Å². The van der Waals surface area contributed by atoms with Crippen molar-refractivity contribution in [3.8, 4) is 0 Å². The minimum atomic E-state index is -1.07. The number of nitrogens with zero attached hydrogens (tertiary/aromatic N) is 2. The highest BCUT2D eigenvalue weighted by Gasteiger charge is 2.43. The smallest absolute Gasteiger partial charge is 0.264 e. The molecule has 15 heteroatoms. The van der Waals surface area contributed by atoms with Crippen LogP contribution in [0.4, 0.5) is 11.5 Å². The monoisotopic (exact) mass is 640 g/mol. The molecule has 1 aromatic heterocycles. The number of rotatable bonds is 23. The molecule has 0 saturated carbocycles. The minimum absolute atomic E-state index is 0.0399. The van der Waals surface area contributed by atoms with Gasteiger partial charge in [-0.3, -0.25) is 28.9 Å². The van der Waals surface area contributed by atoms with Gasteiger partial charge in [-0.05, 0) is 43.5 Å². The van der Waals surface area contributed by atoms with Crippen molar-refractivity contribution >= 4 is 47.8 Å². The standard InChI is InChI=1S/C31H40N6O9/c1-32-29(41)25(8-3-13-38)37-30(42)23-6-2-7-24(27(23)31(37)43)33-11-4-14-44-16-18-46-19-17-45-15-5-12-34-28(40)22-9-10-26(35-20-22)36-21-39/h2,6-7,9-10,13,20-21,25,33H,3-5,8,11-12,14-19H2,1H3,(H,32,41)(H,34,40)(H,35,36,39). The van der Waals surface area contributed by atoms with Gasteiger partial charge in [-0.25, -0.2) is 4.98 Å². The summed E-state index contributed by atoms with van der Waals surface area (Å²) < 4.78 is 16.6. The summed E-state index contributed by atoms with van der Waals surface area (Å²) in [5, 5.41) is 10.8. The highest BCUT2D eigenvalue weighted by atomic mass is 16.5. The molecular weight excluding hydrogens is 600 g/mol. The molecule has 1 aliphatic heterocycles. The van der Waals surface area contributed by atoms with Crippen LogP contribution in [0, 0.1) is 0 Å². The number of carbonyl (C=O) groups is 6. The topological polar surface area (TPSA) is 194 Å². The molecule has 1 aromatic carbocycles. The summed E-state index contributed by atoms with van der Waals surface area (Å²) in [5.74, 6) is -1.53. The van der Waals surface area contributed by atoms with Gasteiger partial charge in [0.25, 0.3) is 17.7 Å². The summed E-state index contributed by atoms with van der Waals surface area (Å²) in [6.45, 7) is 3.46. The Morgan fingerprint density at radius 2 is 1.61 bits per heavy atom. The minimum Gasteiger partial charge on any atom is -0.384 e. The van der Waals surface area contributed by atoms with Crippen molar-refractivity contribution in [2.75, 3.05) is 70.4 Å². The number of carbonyl (C=O) groups excluding carboxylic acids is 6. The summed E-state index contributed by atoms with van der Waals surface area (Å²) in [5.41, 5.74) is 1.31. The van der Waals surface area contributed by atoms with Crippen LogP contribution < -0.4 is 21.3 Å². The van der Waals surface area contributed by atoms with Gasteiger partial charge in [0.2, 0.25) is 12.3 Å². The first-order valence-electron chi connectivity index (χ1n) is 15.0. The third-order valence-electron chi connectivity index (χ3n) is 6.87. The lowest BCUT2D eigenvalue weighted by Crippen LogP contribution is -2.48. The van der Waals surface area contributed by atoms with Crippen LogP contribution in [0.1, 0.15) is 56.8 Å². The Morgan fingerprint density at radius 3 is 2.24 bits per heavy atom. The number of likely N-dealkylation sites (N-methyl/N-ethyl adjacent to an activating group) is 1. The number of hydrogen-bond donors (Lipinski definition) is 4. The summed E-state index contributed by atoms with van der Waals surface area (Å²) in [6, 6.07) is 6.97. The Hall–Kier alpha value is -4.73. The predicted octanol–water partition coefficient (Wildman–Crippen LogP) is 1.01. The fraction of sp³-hybridized carbons (Fsp3) is 0.452. The van der Waals surface area contributed by atoms with Crippen molar-refractivity contribution in [1.29, 1.82) is 0 Å². The molecule has 0 aliphatic carbocycles. The van der Waals surface area contributed by atoms with Crippen molar-refractivity contribution in [3.05, 3.63) is 53.2 Å². The molecule has 1 unspecified atom stereocenters. The van der Waals surface area contributed by atoms with Crippen molar-refractivity contribution in [2.24, 2.45) is 0 Å². The van der Waals surface area contributed by atoms with E-state index in [4.69, 9.17) is 14.2 Å². The molecule has 0 bridgehead atoms. The number of pyridine rings is 1. The van der Waals surface area contributed by atoms with Crippen LogP contribution in [0.5, 0.6) is 0 Å². The second-order valence-corrected chi connectivity index (χ2v) is 10.0. The largest absolute Gasteiger partial charge is 0.384 e. The second kappa shape index (κ2) is 19.6. The molecule has 0 spiro atoms. The summed E-state index contributed by atoms with van der Waals surface area (Å²) >= 11 is 0. The number of fused-ring (bicyclic) bond motifs is 1. The third kappa shape index (κ3) is 10.4. The Bertz CT molecular complexity index is 1340. The molecule has 15 nitrogen and oxygen atoms in total. The summed E-state index contributed by atoms with van der Waals surface area (Å²) in [6.07, 6.45) is 3.91. The lowest BCUT2D eigenvalue weighted by Gasteiger charge is -2.24. The van der Waals surface area contributed by atoms with Crippen LogP contribution in [0.2, 0.25) is 0 Å². The summed E-state index contributed by atoms with van der Waals surface area (Å²) in [4.78, 5) is 76.9. The van der Waals surface area contributed by atoms with Crippen LogP contribution in [0.25, 0.3) is 0 Å². The van der Waals surface area contributed by atoms with Crippen LogP contribution >= 0.6 is 0 Å². The van der Waals surface area contributed by atoms with Gasteiger partial charge in [-0.2, -0.15) is 0 Å². The quantitative estimate of drug-likeness (QED) is 0.0769. The van der Waals surface area contributed by atoms with Gasteiger partial charge >= 0.3 is 0 Å². The van der Waals surface area contributed by atoms with E-state index >= 15 is 0 Å². The SMILES string of the molecule is CNC(=O)C(CCC=O)N1C(=O)c2cccc(NCCCOCCOCCOCCCNC(=O)c3ccc(NC=O)nc3)c2C1=O. The number of amides is 5. The van der Waals surface area contributed by atoms with Gasteiger partial charge in [0.1, 0.15) is 18.1 Å². The van der Waals surface area contributed by atoms with Gasteiger partial charge in [-0.1, -0.05) is 6.07 Å². The van der Waals surface area contributed by atoms with Crippen molar-refractivity contribution in [2.45, 2.75) is 31.7 Å². The Balaban J connectivity index is 1.23. The van der Waals surface area contributed by atoms with Gasteiger partial charge in [0.15, 0.2) is 0 Å². The molecule has 1 atom stereocenters. The molecule has 0 fully saturated rings. The normalized spacial score (nSPS) is 12.8. The van der Waals surface area contributed by atoms with Crippen LogP contribution in [0.3, 0.4) is 0 Å². The second-order valence-electron chi connectivity index (χ2n) is 10.0. The average Bonchev–Trinajstić information content (AvgIpc) is 3.32. The van der Waals surface area contributed by atoms with Crippen LogP contribution in [-0.4, -0.2) is 112 Å². The number of nitrogens with one attached hydrogen (secondary N) is 4. The van der Waals surface area contributed by atoms with Gasteiger partial charge in [0, 0.05) is 51.7 Å². The Labute approximate surface area is 266 Å². The lowest BCUT2D eigenvalue weighted by atomic mass is 10.1. The number of hydrogen-bond acceptors (Lipinski definition) is 11. The number of benzene rings is 1. The van der Waals surface area contributed by atoms with Crippen molar-refractivity contribution in [3.63, 3.8) is 0 Å². The van der Waals surface area contributed by atoms with Gasteiger partial charge in [-0.15, -0.1) is 0 Å². The Kier molecular flexibility index (Phi) is 15.2. The molecule has 0 saturated heterocycles. The van der Waals surface area contributed by atoms with E-state index < -0.39 is 23.8 Å². The maximum absolute atomic E-state index is 13.2. The van der Waals surface area contributed by atoms with E-state index in [0.29, 0.717) is 95.3 Å². The highest BCUT2D eigenvalue weighted by molar-refractivity contribution is 6.25. The van der Waals surface area contributed by atoms with Crippen LogP contribution in [0.15, 0.2) is 36.5 Å². The maximum atomic E-state index is 13.2. The van der Waals surface area contributed by atoms with E-state index in [9.17, 15) is 28.8 Å². The van der Waals surface area contributed by atoms with Crippen molar-refractivity contribution in [1.82, 2.24) is 20.5 Å². The van der Waals surface area contributed by atoms with Gasteiger partial charge in [0.05, 0.1) is 43.1 Å². The van der Waals surface area contributed by atoms with E-state index in [1.807, 2.05) is 0 Å². The molecule has 248 valence electrons. The third-order valence-corrected chi connectivity index (χ3v) is 6.87. The average molecular weight is 641 g/mol. The van der Waals surface area contributed by atoms with Crippen molar-refractivity contribution < 1.29 is 43.0 Å². The zero-order valence-corrected chi connectivity index (χ0v) is 25.8.